The van der Waals surface area contributed by atoms with Gasteiger partial charge in [0.25, 0.3) is 17.5 Å². The number of nitro benzene ring substituents is 1. The van der Waals surface area contributed by atoms with E-state index in [1.165, 1.54) is 30.5 Å². The Morgan fingerprint density at radius 1 is 1.11 bits per heavy atom. The number of nitro groups is 1. The summed E-state index contributed by atoms with van der Waals surface area (Å²) in [6, 6.07) is 8.54. The van der Waals surface area contributed by atoms with Crippen molar-refractivity contribution < 1.29 is 18.9 Å². The van der Waals surface area contributed by atoms with Gasteiger partial charge in [0.15, 0.2) is 4.67 Å². The molecule has 0 aliphatic carbocycles. The van der Waals surface area contributed by atoms with E-state index in [1.807, 2.05) is 0 Å². The van der Waals surface area contributed by atoms with Gasteiger partial charge in [0.2, 0.25) is 0 Å². The summed E-state index contributed by atoms with van der Waals surface area (Å²) in [6.45, 7) is 1.32. The third-order valence-electron chi connectivity index (χ3n) is 4.40. The Balaban J connectivity index is 1.81. The molecule has 2 aromatic rings. The Morgan fingerprint density at radius 2 is 1.79 bits per heavy atom. The SMILES string of the molecule is O=C(NC=C(C(=O)N1CCCCC1)c1ccc(Br)o1)c1ccc([N+](=O)[O-])cc1. The van der Waals surface area contributed by atoms with Gasteiger partial charge in [-0.1, -0.05) is 0 Å². The number of hydrogen-bond donors (Lipinski definition) is 1. The minimum absolute atomic E-state index is 0.103. The fourth-order valence-corrected chi connectivity index (χ4v) is 3.23. The van der Waals surface area contributed by atoms with Crippen LogP contribution >= 0.6 is 15.9 Å². The zero-order chi connectivity index (χ0) is 20.1. The van der Waals surface area contributed by atoms with Crippen LogP contribution < -0.4 is 5.32 Å². The summed E-state index contributed by atoms with van der Waals surface area (Å²) in [7, 11) is 0. The van der Waals surface area contributed by atoms with E-state index in [4.69, 9.17) is 4.42 Å². The summed E-state index contributed by atoms with van der Waals surface area (Å²) >= 11 is 3.22. The van der Waals surface area contributed by atoms with Crippen LogP contribution in [0, 0.1) is 10.1 Å². The lowest BCUT2D eigenvalue weighted by Crippen LogP contribution is -2.36. The van der Waals surface area contributed by atoms with Gasteiger partial charge >= 0.3 is 0 Å². The molecule has 9 heteroatoms. The summed E-state index contributed by atoms with van der Waals surface area (Å²) in [5, 5.41) is 13.3. The molecular formula is C19H18BrN3O5. The average Bonchev–Trinajstić information content (AvgIpc) is 3.14. The van der Waals surface area contributed by atoms with E-state index < -0.39 is 10.8 Å². The molecule has 2 heterocycles. The Kier molecular flexibility index (Phi) is 6.25. The van der Waals surface area contributed by atoms with Gasteiger partial charge < -0.3 is 14.6 Å². The van der Waals surface area contributed by atoms with Crippen LogP contribution in [0.4, 0.5) is 5.69 Å². The quantitative estimate of drug-likeness (QED) is 0.426. The molecule has 0 atom stereocenters. The monoisotopic (exact) mass is 447 g/mol. The third kappa shape index (κ3) is 4.66. The molecule has 0 saturated carbocycles. The standard InChI is InChI=1S/C19H18BrN3O5/c20-17-9-8-16(28-17)15(19(25)22-10-2-1-3-11-22)12-21-18(24)13-4-6-14(7-5-13)23(26)27/h4-9,12H,1-3,10-11H2,(H,21,24). The van der Waals surface area contributed by atoms with Gasteiger partial charge in [0.1, 0.15) is 5.76 Å². The van der Waals surface area contributed by atoms with E-state index in [1.54, 1.807) is 17.0 Å². The van der Waals surface area contributed by atoms with Crippen LogP contribution in [-0.4, -0.2) is 34.7 Å². The Labute approximate surface area is 169 Å². The van der Waals surface area contributed by atoms with E-state index in [-0.39, 0.29) is 22.7 Å². The maximum atomic E-state index is 12.9. The smallest absolute Gasteiger partial charge is 0.269 e. The number of benzene rings is 1. The highest BCUT2D eigenvalue weighted by molar-refractivity contribution is 9.10. The predicted octanol–water partition coefficient (Wildman–Crippen LogP) is 3.73. The highest BCUT2D eigenvalue weighted by Crippen LogP contribution is 2.24. The van der Waals surface area contributed by atoms with E-state index in [2.05, 4.69) is 21.2 Å². The van der Waals surface area contributed by atoms with Gasteiger partial charge in [-0.3, -0.25) is 19.7 Å². The number of likely N-dealkylation sites (tertiary alicyclic amines) is 1. The lowest BCUT2D eigenvalue weighted by molar-refractivity contribution is -0.384. The number of non-ortho nitro benzene ring substituents is 1. The molecule has 146 valence electrons. The second kappa shape index (κ2) is 8.83. The first-order chi connectivity index (χ1) is 13.5. The van der Waals surface area contributed by atoms with Crippen molar-refractivity contribution in [1.29, 1.82) is 0 Å². The average molecular weight is 448 g/mol. The van der Waals surface area contributed by atoms with Gasteiger partial charge in [-0.05, 0) is 59.5 Å². The fraction of sp³-hybridized carbons (Fsp3) is 0.263. The van der Waals surface area contributed by atoms with E-state index >= 15 is 0 Å². The van der Waals surface area contributed by atoms with Crippen LogP contribution in [0.3, 0.4) is 0 Å². The lowest BCUT2D eigenvalue weighted by atomic mass is 10.1. The maximum Gasteiger partial charge on any atom is 0.269 e. The molecule has 1 aliphatic rings. The first kappa shape index (κ1) is 19.8. The minimum Gasteiger partial charge on any atom is -0.449 e. The molecule has 0 spiro atoms. The summed E-state index contributed by atoms with van der Waals surface area (Å²) in [5.74, 6) is -0.360. The van der Waals surface area contributed by atoms with Crippen molar-refractivity contribution in [3.05, 3.63) is 68.7 Å². The molecule has 8 nitrogen and oxygen atoms in total. The number of carbonyl (C=O) groups excluding carboxylic acids is 2. The molecule has 1 aliphatic heterocycles. The molecule has 0 bridgehead atoms. The molecule has 0 radical (unpaired) electrons. The zero-order valence-electron chi connectivity index (χ0n) is 14.9. The third-order valence-corrected chi connectivity index (χ3v) is 4.83. The normalized spacial score (nSPS) is 14.6. The van der Waals surface area contributed by atoms with E-state index in [0.29, 0.717) is 23.5 Å². The molecule has 28 heavy (non-hydrogen) atoms. The summed E-state index contributed by atoms with van der Waals surface area (Å²) in [6.07, 6.45) is 4.30. The molecule has 1 fully saturated rings. The first-order valence-corrected chi connectivity index (χ1v) is 9.55. The number of carbonyl (C=O) groups is 2. The van der Waals surface area contributed by atoms with Gasteiger partial charge in [0, 0.05) is 37.0 Å². The number of rotatable bonds is 5. The van der Waals surface area contributed by atoms with Gasteiger partial charge in [0.05, 0.1) is 10.5 Å². The maximum absolute atomic E-state index is 12.9. The van der Waals surface area contributed by atoms with E-state index in [0.717, 1.165) is 19.3 Å². The molecule has 2 amide bonds. The highest BCUT2D eigenvalue weighted by Gasteiger charge is 2.24. The van der Waals surface area contributed by atoms with Crippen LogP contribution in [0.5, 0.6) is 0 Å². The van der Waals surface area contributed by atoms with Gasteiger partial charge in [-0.2, -0.15) is 0 Å². The van der Waals surface area contributed by atoms with Crippen LogP contribution in [-0.2, 0) is 4.79 Å². The molecule has 1 saturated heterocycles. The molecule has 3 rings (SSSR count). The van der Waals surface area contributed by atoms with Crippen molar-refractivity contribution in [2.45, 2.75) is 19.3 Å². The van der Waals surface area contributed by atoms with Crippen molar-refractivity contribution in [3.63, 3.8) is 0 Å². The van der Waals surface area contributed by atoms with Crippen LogP contribution in [0.15, 0.2) is 51.7 Å². The number of nitrogens with zero attached hydrogens (tertiary/aromatic N) is 2. The Morgan fingerprint density at radius 3 is 2.36 bits per heavy atom. The highest BCUT2D eigenvalue weighted by atomic mass is 79.9. The number of furan rings is 1. The summed E-state index contributed by atoms with van der Waals surface area (Å²) in [5.41, 5.74) is 0.378. The van der Waals surface area contributed by atoms with Crippen molar-refractivity contribution in [3.8, 4) is 0 Å². The molecule has 1 aromatic carbocycles. The van der Waals surface area contributed by atoms with Crippen molar-refractivity contribution >= 4 is 39.0 Å². The van der Waals surface area contributed by atoms with E-state index in [9.17, 15) is 19.7 Å². The first-order valence-electron chi connectivity index (χ1n) is 8.76. The van der Waals surface area contributed by atoms with Gasteiger partial charge in [-0.15, -0.1) is 0 Å². The van der Waals surface area contributed by atoms with Crippen LogP contribution in [0.2, 0.25) is 0 Å². The minimum atomic E-state index is -0.536. The Hall–Kier alpha value is -2.94. The zero-order valence-corrected chi connectivity index (χ0v) is 16.5. The second-order valence-corrected chi connectivity index (χ2v) is 7.07. The largest absolute Gasteiger partial charge is 0.449 e. The van der Waals surface area contributed by atoms with Crippen molar-refractivity contribution in [2.24, 2.45) is 0 Å². The van der Waals surface area contributed by atoms with Crippen molar-refractivity contribution in [2.75, 3.05) is 13.1 Å². The number of nitrogens with one attached hydrogen (secondary N) is 1. The van der Waals surface area contributed by atoms with Crippen LogP contribution in [0.25, 0.3) is 5.57 Å². The molecule has 1 aromatic heterocycles. The number of hydrogen-bond acceptors (Lipinski definition) is 5. The molecule has 0 unspecified atom stereocenters. The number of amides is 2. The number of halogens is 1. The Bertz CT molecular complexity index is 914. The van der Waals surface area contributed by atoms with Crippen LogP contribution in [0.1, 0.15) is 35.4 Å². The summed E-state index contributed by atoms with van der Waals surface area (Å²) in [4.78, 5) is 37.2. The van der Waals surface area contributed by atoms with Gasteiger partial charge in [-0.25, -0.2) is 0 Å². The topological polar surface area (TPSA) is 106 Å². The molecule has 1 N–H and O–H groups in total. The molecular weight excluding hydrogens is 430 g/mol. The van der Waals surface area contributed by atoms with Crippen molar-refractivity contribution in [1.82, 2.24) is 10.2 Å². The number of piperidine rings is 1. The fourth-order valence-electron chi connectivity index (χ4n) is 2.92. The summed E-state index contributed by atoms with van der Waals surface area (Å²) < 4.78 is 5.99. The second-order valence-electron chi connectivity index (χ2n) is 6.29. The lowest BCUT2D eigenvalue weighted by Gasteiger charge is -2.27. The predicted molar refractivity (Wildman–Crippen MR) is 105 cm³/mol.